The summed E-state index contributed by atoms with van der Waals surface area (Å²) in [6.07, 6.45) is 7.76. The molecule has 3 heteroatoms. The first-order valence-corrected chi connectivity index (χ1v) is 6.30. The maximum atomic E-state index is 10.8. The Kier molecular flexibility index (Phi) is 8.93. The average Bonchev–Trinajstić information content (AvgIpc) is 2.27. The summed E-state index contributed by atoms with van der Waals surface area (Å²) >= 11 is 0. The number of hydrogen-bond acceptors (Lipinski definition) is 2. The zero-order chi connectivity index (χ0) is 14.0. The summed E-state index contributed by atoms with van der Waals surface area (Å²) in [4.78, 5) is 10.8. The lowest BCUT2D eigenvalue weighted by molar-refractivity contribution is -0.132. The van der Waals surface area contributed by atoms with Crippen molar-refractivity contribution in [3.8, 4) is 0 Å². The first kappa shape index (κ1) is 16.6. The zero-order valence-electron chi connectivity index (χ0n) is 11.4. The van der Waals surface area contributed by atoms with Gasteiger partial charge in [-0.2, -0.15) is 0 Å². The highest BCUT2D eigenvalue weighted by Crippen LogP contribution is 2.13. The van der Waals surface area contributed by atoms with Crippen molar-refractivity contribution in [1.29, 1.82) is 0 Å². The maximum absolute atomic E-state index is 10.8. The molecule has 0 aromatic rings. The predicted octanol–water partition coefficient (Wildman–Crippen LogP) is 3.46. The molecule has 0 saturated heterocycles. The third kappa shape index (κ3) is 8.76. The van der Waals surface area contributed by atoms with Crippen LogP contribution in [0.25, 0.3) is 0 Å². The van der Waals surface area contributed by atoms with Crippen LogP contribution in [0.15, 0.2) is 35.5 Å². The van der Waals surface area contributed by atoms with Crippen molar-refractivity contribution in [2.75, 3.05) is 6.61 Å². The quantitative estimate of drug-likeness (QED) is 0.488. The molecule has 0 aliphatic carbocycles. The van der Waals surface area contributed by atoms with Gasteiger partial charge in [0.05, 0.1) is 6.61 Å². The van der Waals surface area contributed by atoms with Gasteiger partial charge in [-0.3, -0.25) is 0 Å². The molecule has 0 aromatic carbocycles. The van der Waals surface area contributed by atoms with Crippen LogP contribution in [-0.2, 0) is 4.79 Å². The summed E-state index contributed by atoms with van der Waals surface area (Å²) in [5.74, 6) is -0.947. The largest absolute Gasteiger partial charge is 0.478 e. The summed E-state index contributed by atoms with van der Waals surface area (Å²) < 4.78 is 0. The number of aliphatic hydroxyl groups excluding tert-OH is 1. The second kappa shape index (κ2) is 9.66. The van der Waals surface area contributed by atoms with E-state index in [1.807, 2.05) is 6.92 Å². The Morgan fingerprint density at radius 3 is 2.33 bits per heavy atom. The maximum Gasteiger partial charge on any atom is 0.331 e. The molecule has 3 nitrogen and oxygen atoms in total. The lowest BCUT2D eigenvalue weighted by Gasteiger charge is -2.03. The number of allylic oxidation sites excluding steroid dienone is 3. The van der Waals surface area contributed by atoms with Gasteiger partial charge in [-0.25, -0.2) is 4.79 Å². The summed E-state index contributed by atoms with van der Waals surface area (Å²) in [5.41, 5.74) is 2.76. The van der Waals surface area contributed by atoms with Gasteiger partial charge in [0.15, 0.2) is 0 Å². The van der Waals surface area contributed by atoms with E-state index >= 15 is 0 Å². The van der Waals surface area contributed by atoms with Gasteiger partial charge >= 0.3 is 5.97 Å². The zero-order valence-corrected chi connectivity index (χ0v) is 11.4. The van der Waals surface area contributed by atoms with E-state index in [9.17, 15) is 4.79 Å². The molecule has 0 amide bonds. The Morgan fingerprint density at radius 1 is 1.17 bits per heavy atom. The van der Waals surface area contributed by atoms with Crippen LogP contribution >= 0.6 is 0 Å². The highest BCUT2D eigenvalue weighted by atomic mass is 16.4. The van der Waals surface area contributed by atoms with Crippen LogP contribution in [0, 0.1) is 0 Å². The highest BCUT2D eigenvalue weighted by Gasteiger charge is 2.05. The van der Waals surface area contributed by atoms with Gasteiger partial charge in [0.25, 0.3) is 0 Å². The van der Waals surface area contributed by atoms with E-state index in [1.54, 1.807) is 0 Å². The van der Waals surface area contributed by atoms with Crippen LogP contribution in [0.5, 0.6) is 0 Å². The summed E-state index contributed by atoms with van der Waals surface area (Å²) in [7, 11) is 0. The van der Waals surface area contributed by atoms with Gasteiger partial charge in [-0.1, -0.05) is 17.2 Å². The Balaban J connectivity index is 4.02. The van der Waals surface area contributed by atoms with Crippen molar-refractivity contribution < 1.29 is 15.0 Å². The van der Waals surface area contributed by atoms with Crippen LogP contribution in [0.4, 0.5) is 0 Å². The Hall–Kier alpha value is -1.35. The molecule has 102 valence electrons. The second-order valence-electron chi connectivity index (χ2n) is 4.62. The first-order chi connectivity index (χ1) is 8.47. The van der Waals surface area contributed by atoms with Crippen molar-refractivity contribution in [2.24, 2.45) is 0 Å². The molecule has 18 heavy (non-hydrogen) atoms. The van der Waals surface area contributed by atoms with Crippen molar-refractivity contribution >= 4 is 5.97 Å². The number of aliphatic carboxylic acids is 1. The molecular weight excluding hydrogens is 228 g/mol. The Labute approximate surface area is 110 Å². The van der Waals surface area contributed by atoms with Gasteiger partial charge in [0, 0.05) is 5.57 Å². The second-order valence-corrected chi connectivity index (χ2v) is 4.62. The van der Waals surface area contributed by atoms with E-state index in [4.69, 9.17) is 10.2 Å². The van der Waals surface area contributed by atoms with Gasteiger partial charge in [0.1, 0.15) is 0 Å². The molecule has 0 radical (unpaired) electrons. The molecule has 0 atom stereocenters. The summed E-state index contributed by atoms with van der Waals surface area (Å²) in [6.45, 7) is 7.73. The number of carboxylic acids is 1. The topological polar surface area (TPSA) is 57.5 Å². The van der Waals surface area contributed by atoms with E-state index in [1.165, 1.54) is 17.2 Å². The third-order valence-corrected chi connectivity index (χ3v) is 2.69. The number of aliphatic hydroxyl groups is 1. The van der Waals surface area contributed by atoms with Gasteiger partial charge in [0.2, 0.25) is 0 Å². The van der Waals surface area contributed by atoms with Crippen molar-refractivity contribution in [3.63, 3.8) is 0 Å². The van der Waals surface area contributed by atoms with Crippen molar-refractivity contribution in [2.45, 2.75) is 46.0 Å². The van der Waals surface area contributed by atoms with Gasteiger partial charge in [-0.15, -0.1) is 6.58 Å². The first-order valence-electron chi connectivity index (χ1n) is 6.30. The molecule has 0 rings (SSSR count). The van der Waals surface area contributed by atoms with E-state index < -0.39 is 5.97 Å². The Morgan fingerprint density at radius 2 is 1.83 bits per heavy atom. The van der Waals surface area contributed by atoms with Crippen molar-refractivity contribution in [1.82, 2.24) is 0 Å². The monoisotopic (exact) mass is 252 g/mol. The molecular formula is C15H24O3. The smallest absolute Gasteiger partial charge is 0.331 e. The van der Waals surface area contributed by atoms with Gasteiger partial charge < -0.3 is 10.2 Å². The van der Waals surface area contributed by atoms with Crippen LogP contribution in [0.2, 0.25) is 0 Å². The normalized spacial score (nSPS) is 12.6. The molecule has 0 unspecified atom stereocenters. The molecule has 0 aromatic heterocycles. The summed E-state index contributed by atoms with van der Waals surface area (Å²) in [5, 5.41) is 17.6. The molecule has 0 fully saturated rings. The summed E-state index contributed by atoms with van der Waals surface area (Å²) in [6, 6.07) is 0. The lowest BCUT2D eigenvalue weighted by atomic mass is 10.0. The molecule has 0 bridgehead atoms. The van der Waals surface area contributed by atoms with Crippen LogP contribution in [0.1, 0.15) is 46.0 Å². The molecule has 0 aliphatic heterocycles. The average molecular weight is 252 g/mol. The number of carbonyl (C=O) groups is 1. The fourth-order valence-corrected chi connectivity index (χ4v) is 1.65. The van der Waals surface area contributed by atoms with E-state index in [-0.39, 0.29) is 12.2 Å². The predicted molar refractivity (Wildman–Crippen MR) is 74.5 cm³/mol. The minimum Gasteiger partial charge on any atom is -0.478 e. The van der Waals surface area contributed by atoms with Crippen molar-refractivity contribution in [3.05, 3.63) is 35.5 Å². The fourth-order valence-electron chi connectivity index (χ4n) is 1.65. The molecule has 0 aliphatic rings. The van der Waals surface area contributed by atoms with E-state index in [2.05, 4.69) is 19.6 Å². The third-order valence-electron chi connectivity index (χ3n) is 2.69. The van der Waals surface area contributed by atoms with Gasteiger partial charge in [-0.05, 0) is 52.0 Å². The molecule has 0 heterocycles. The standard InChI is InChI=1S/C15H24O3/c1-12(2)6-4-7-13(3)8-5-9-14(10-11-16)15(17)18/h8,10,16H,1,4-7,9,11H2,2-3H3,(H,17,18)/b13-8+,14-10+. The number of rotatable bonds is 9. The molecule has 0 saturated carbocycles. The van der Waals surface area contributed by atoms with E-state index in [0.29, 0.717) is 12.8 Å². The highest BCUT2D eigenvalue weighted by molar-refractivity contribution is 5.86. The van der Waals surface area contributed by atoms with Crippen LogP contribution in [0.3, 0.4) is 0 Å². The minimum atomic E-state index is -0.947. The SMILES string of the molecule is C=C(C)CCC/C(C)=C/CC/C(=C\CO)C(=O)O. The fraction of sp³-hybridized carbons (Fsp3) is 0.533. The minimum absolute atomic E-state index is 0.219. The van der Waals surface area contributed by atoms with Crippen LogP contribution < -0.4 is 0 Å². The lowest BCUT2D eigenvalue weighted by Crippen LogP contribution is -2.01. The number of hydrogen-bond donors (Lipinski definition) is 2. The van der Waals surface area contributed by atoms with Crippen LogP contribution in [-0.4, -0.2) is 22.8 Å². The number of carboxylic acid groups (broad SMARTS) is 1. The van der Waals surface area contributed by atoms with E-state index in [0.717, 1.165) is 19.3 Å². The molecule has 0 spiro atoms. The Bertz CT molecular complexity index is 338. The molecule has 2 N–H and O–H groups in total.